The molecular formula is CdIn2O16S4. The smallest absolute Gasteiger partial charge is 0.759 e. The summed E-state index contributed by atoms with van der Waals surface area (Å²) in [6.45, 7) is 0. The first-order valence-electron chi connectivity index (χ1n) is 2.67. The van der Waals surface area contributed by atoms with Crippen molar-refractivity contribution in [3.63, 3.8) is 0 Å². The predicted molar refractivity (Wildman–Crippen MR) is 53.4 cm³/mol. The van der Waals surface area contributed by atoms with Crippen molar-refractivity contribution in [1.82, 2.24) is 0 Å². The van der Waals surface area contributed by atoms with Gasteiger partial charge >= 0.3 is 79.0 Å². The van der Waals surface area contributed by atoms with Crippen LogP contribution in [0.3, 0.4) is 0 Å². The molecule has 0 radical (unpaired) electrons. The Bertz CT molecular complexity index is 483. The Labute approximate surface area is 188 Å². The van der Waals surface area contributed by atoms with Crippen molar-refractivity contribution in [2.24, 2.45) is 0 Å². The van der Waals surface area contributed by atoms with Crippen LogP contribution < -0.4 is 0 Å². The van der Waals surface area contributed by atoms with E-state index < -0.39 is 41.6 Å². The van der Waals surface area contributed by atoms with E-state index in [1.807, 2.05) is 0 Å². The molecule has 23 heavy (non-hydrogen) atoms. The van der Waals surface area contributed by atoms with Crippen LogP contribution in [0.2, 0.25) is 0 Å². The molecule has 0 aromatic rings. The van der Waals surface area contributed by atoms with E-state index in [0.717, 1.165) is 0 Å². The first-order valence-corrected chi connectivity index (χ1v) is 8.00. The zero-order chi connectivity index (χ0) is 18.0. The van der Waals surface area contributed by atoms with Crippen LogP contribution in [0, 0.1) is 0 Å². The summed E-state index contributed by atoms with van der Waals surface area (Å²) < 4.78 is 136. The van der Waals surface area contributed by atoms with E-state index in [1.165, 1.54) is 0 Å². The summed E-state index contributed by atoms with van der Waals surface area (Å²) >= 11 is 0. The van der Waals surface area contributed by atoms with Crippen molar-refractivity contribution in [2.75, 3.05) is 0 Å². The second-order valence-electron chi connectivity index (χ2n) is 1.63. The Morgan fingerprint density at radius 3 is 0.348 bits per heavy atom. The van der Waals surface area contributed by atoms with Gasteiger partial charge in [-0.2, -0.15) is 0 Å². The predicted octanol–water partition coefficient (Wildman–Crippen LogP) is -6.12. The molecule has 0 heterocycles. The molecule has 0 saturated heterocycles. The minimum absolute atomic E-state index is 0. The fraction of sp³-hybridized carbons (Fsp3) is 0. The Balaban J connectivity index is -0.0000000284. The quantitative estimate of drug-likeness (QED) is 0.127. The third kappa shape index (κ3) is 2580. The van der Waals surface area contributed by atoms with Crippen LogP contribution in [0.4, 0.5) is 0 Å². The molecule has 0 aliphatic rings. The first-order chi connectivity index (χ1) is 8.00. The molecule has 0 aliphatic heterocycles. The van der Waals surface area contributed by atoms with Gasteiger partial charge in [0.1, 0.15) is 0 Å². The van der Waals surface area contributed by atoms with E-state index in [1.54, 1.807) is 0 Å². The third-order valence-electron chi connectivity index (χ3n) is 0. The molecule has 0 amide bonds. The van der Waals surface area contributed by atoms with Crippen LogP contribution in [0.15, 0.2) is 0 Å². The van der Waals surface area contributed by atoms with E-state index in [9.17, 15) is 0 Å². The molecule has 0 saturated carbocycles. The molecule has 16 nitrogen and oxygen atoms in total. The second-order valence-corrected chi connectivity index (χ2v) is 4.90. The van der Waals surface area contributed by atoms with Gasteiger partial charge < -0.3 is 36.4 Å². The van der Waals surface area contributed by atoms with E-state index in [4.69, 9.17) is 70.1 Å². The van der Waals surface area contributed by atoms with Gasteiger partial charge in [-0.25, -0.2) is 0 Å². The van der Waals surface area contributed by atoms with Crippen molar-refractivity contribution in [1.29, 1.82) is 0 Å². The van der Waals surface area contributed by atoms with Gasteiger partial charge in [0.05, 0.1) is 0 Å². The van der Waals surface area contributed by atoms with E-state index >= 15 is 0 Å². The number of rotatable bonds is 0. The molecule has 128 valence electrons. The maximum absolute atomic E-state index is 8.52. The van der Waals surface area contributed by atoms with Gasteiger partial charge in [-0.15, -0.1) is 0 Å². The van der Waals surface area contributed by atoms with Crippen LogP contribution in [0.1, 0.15) is 0 Å². The van der Waals surface area contributed by atoms with Gasteiger partial charge in [-0.1, -0.05) is 0 Å². The summed E-state index contributed by atoms with van der Waals surface area (Å²) in [6.07, 6.45) is 0. The second kappa shape index (κ2) is 18.9. The molecule has 23 heteroatoms. The summed E-state index contributed by atoms with van der Waals surface area (Å²) in [4.78, 5) is 0. The van der Waals surface area contributed by atoms with Gasteiger partial charge in [0, 0.05) is 41.6 Å². The Hall–Kier alpha value is 2.14. The van der Waals surface area contributed by atoms with Crippen LogP contribution in [0.25, 0.3) is 0 Å². The number of hydrogen-bond acceptors (Lipinski definition) is 16. The fourth-order valence-corrected chi connectivity index (χ4v) is 0. The molecule has 0 N–H and O–H groups in total. The van der Waals surface area contributed by atoms with Gasteiger partial charge in [-0.05, 0) is 0 Å². The van der Waals surface area contributed by atoms with Crippen molar-refractivity contribution in [3.8, 4) is 0 Å². The minimum Gasteiger partial charge on any atom is -0.759 e. The maximum Gasteiger partial charge on any atom is 3.00 e. The van der Waals surface area contributed by atoms with Crippen LogP contribution in [0.5, 0.6) is 0 Å². The van der Waals surface area contributed by atoms with Gasteiger partial charge in [0.15, 0.2) is 0 Å². The summed E-state index contributed by atoms with van der Waals surface area (Å²) in [5, 5.41) is 0. The van der Waals surface area contributed by atoms with E-state index in [-0.39, 0.29) is 79.0 Å². The molecule has 0 aliphatic carbocycles. The van der Waals surface area contributed by atoms with Crippen molar-refractivity contribution in [3.05, 3.63) is 0 Å². The summed E-state index contributed by atoms with van der Waals surface area (Å²) in [6, 6.07) is 0. The summed E-state index contributed by atoms with van der Waals surface area (Å²) in [7, 11) is -20.7. The topological polar surface area (TPSA) is 321 Å². The van der Waals surface area contributed by atoms with Crippen LogP contribution in [-0.2, 0) is 68.9 Å². The average molecular weight is 726 g/mol. The largest absolute Gasteiger partial charge is 3.00 e. The molecule has 0 unspecified atom stereocenters. The molecule has 0 atom stereocenters. The third-order valence-corrected chi connectivity index (χ3v) is 0. The van der Waals surface area contributed by atoms with Crippen molar-refractivity contribution < 1.29 is 97.4 Å². The minimum atomic E-state index is -5.17. The van der Waals surface area contributed by atoms with E-state index in [0.29, 0.717) is 0 Å². The Morgan fingerprint density at radius 2 is 0.348 bits per heavy atom. The van der Waals surface area contributed by atoms with Gasteiger partial charge in [-0.3, -0.25) is 33.7 Å². The average Bonchev–Trinajstić information content (AvgIpc) is 1.62. The Morgan fingerprint density at radius 1 is 0.348 bits per heavy atom. The molecule has 0 aromatic heterocycles. The number of hydrogen-bond donors (Lipinski definition) is 0. The molecule has 0 spiro atoms. The van der Waals surface area contributed by atoms with Crippen LogP contribution in [-0.4, -0.2) is 122 Å². The Kier molecular flexibility index (Phi) is 36.6. The van der Waals surface area contributed by atoms with E-state index in [2.05, 4.69) is 0 Å². The standard InChI is InChI=1S/Cd.2In.4H2O4S/c;;;4*1-5(2,3)4/h;;;4*(H2,1,2,3,4)/q+2;2*+3;;;;/p-8. The fourth-order valence-electron chi connectivity index (χ4n) is 0. The molecule has 0 aromatic carbocycles. The zero-order valence-corrected chi connectivity index (χ0v) is 23.9. The SMILES string of the molecule is O=S(=O)([O-])[O-].O=S(=O)([O-])[O-].O=S(=O)([O-])[O-].O=S(=O)([O-])[O-].[Cd+2].[In+3].[In+3]. The molecular weight excluding hydrogens is 726 g/mol. The summed E-state index contributed by atoms with van der Waals surface area (Å²) in [5.74, 6) is 0. The monoisotopic (exact) mass is 728 g/mol. The van der Waals surface area contributed by atoms with Gasteiger partial charge in [0.2, 0.25) is 0 Å². The first kappa shape index (κ1) is 44.5. The van der Waals surface area contributed by atoms with Crippen LogP contribution >= 0.6 is 0 Å². The molecule has 0 bridgehead atoms. The normalized spacial score (nSPS) is 10.1. The van der Waals surface area contributed by atoms with Gasteiger partial charge in [0.25, 0.3) is 0 Å². The molecule has 0 rings (SSSR count). The van der Waals surface area contributed by atoms with Crippen molar-refractivity contribution >= 4 is 93.3 Å². The zero-order valence-electron chi connectivity index (χ0n) is 10.0. The summed E-state index contributed by atoms with van der Waals surface area (Å²) in [5.41, 5.74) is 0. The maximum atomic E-state index is 8.52. The molecule has 0 fully saturated rings. The van der Waals surface area contributed by atoms with Crippen molar-refractivity contribution in [2.45, 2.75) is 0 Å².